The highest BCUT2D eigenvalue weighted by molar-refractivity contribution is 5.85. The lowest BCUT2D eigenvalue weighted by Crippen LogP contribution is -2.46. The van der Waals surface area contributed by atoms with E-state index < -0.39 is 0 Å². The van der Waals surface area contributed by atoms with Gasteiger partial charge < -0.3 is 15.7 Å². The molecule has 0 aromatic heterocycles. The van der Waals surface area contributed by atoms with Crippen LogP contribution in [0.3, 0.4) is 0 Å². The zero-order valence-electron chi connectivity index (χ0n) is 11.7. The van der Waals surface area contributed by atoms with Crippen molar-refractivity contribution in [2.24, 2.45) is 5.92 Å². The van der Waals surface area contributed by atoms with Gasteiger partial charge in [0.05, 0.1) is 6.04 Å². The molecule has 0 aromatic carbocycles. The van der Waals surface area contributed by atoms with E-state index in [1.807, 2.05) is 6.92 Å². The second-order valence-electron chi connectivity index (χ2n) is 5.88. The van der Waals surface area contributed by atoms with Gasteiger partial charge in [0.25, 0.3) is 0 Å². The molecule has 1 aliphatic carbocycles. The largest absolute Gasteiger partial charge is 0.396 e. The van der Waals surface area contributed by atoms with Crippen LogP contribution in [-0.2, 0) is 4.79 Å². The van der Waals surface area contributed by atoms with Crippen LogP contribution >= 0.6 is 12.4 Å². The number of aliphatic hydroxyl groups is 1. The van der Waals surface area contributed by atoms with Crippen LogP contribution in [0.25, 0.3) is 0 Å². The van der Waals surface area contributed by atoms with Gasteiger partial charge >= 0.3 is 0 Å². The van der Waals surface area contributed by atoms with E-state index in [0.29, 0.717) is 12.0 Å². The fraction of sp³-hybridized carbons (Fsp3) is 0.929. The van der Waals surface area contributed by atoms with Crippen molar-refractivity contribution in [2.75, 3.05) is 6.61 Å². The SMILES string of the molecule is CC(CCCO)NC(=O)C1CC2CCCCC2N1.Cl. The molecule has 3 N–H and O–H groups in total. The Bertz CT molecular complexity index is 275. The van der Waals surface area contributed by atoms with Crippen molar-refractivity contribution in [1.29, 1.82) is 0 Å². The Morgan fingerprint density at radius 1 is 1.42 bits per heavy atom. The normalized spacial score (nSPS) is 31.2. The van der Waals surface area contributed by atoms with Gasteiger partial charge in [-0.1, -0.05) is 12.8 Å². The molecule has 5 heteroatoms. The summed E-state index contributed by atoms with van der Waals surface area (Å²) in [5.41, 5.74) is 0. The van der Waals surface area contributed by atoms with E-state index in [4.69, 9.17) is 5.11 Å². The topological polar surface area (TPSA) is 61.4 Å². The quantitative estimate of drug-likeness (QED) is 0.721. The third-order valence-electron chi connectivity index (χ3n) is 4.36. The summed E-state index contributed by atoms with van der Waals surface area (Å²) < 4.78 is 0. The number of carbonyl (C=O) groups is 1. The minimum atomic E-state index is 0. The highest BCUT2D eigenvalue weighted by Crippen LogP contribution is 2.33. The van der Waals surface area contributed by atoms with Crippen molar-refractivity contribution >= 4 is 18.3 Å². The summed E-state index contributed by atoms with van der Waals surface area (Å²) in [6.45, 7) is 2.21. The van der Waals surface area contributed by atoms with Crippen LogP contribution in [0, 0.1) is 5.92 Å². The molecule has 1 heterocycles. The van der Waals surface area contributed by atoms with Crippen LogP contribution in [0.2, 0.25) is 0 Å². The molecule has 112 valence electrons. The Labute approximate surface area is 122 Å². The number of rotatable bonds is 5. The number of aliphatic hydroxyl groups excluding tert-OH is 1. The second kappa shape index (κ2) is 8.08. The number of nitrogens with one attached hydrogen (secondary N) is 2. The first-order chi connectivity index (χ1) is 8.70. The van der Waals surface area contributed by atoms with E-state index in [2.05, 4.69) is 10.6 Å². The van der Waals surface area contributed by atoms with Crippen LogP contribution in [0.1, 0.15) is 51.9 Å². The van der Waals surface area contributed by atoms with Gasteiger partial charge in [-0.15, -0.1) is 12.4 Å². The lowest BCUT2D eigenvalue weighted by atomic mass is 9.85. The second-order valence-corrected chi connectivity index (χ2v) is 5.88. The molecule has 2 fully saturated rings. The van der Waals surface area contributed by atoms with Gasteiger partial charge in [0.15, 0.2) is 0 Å². The first kappa shape index (κ1) is 16.7. The van der Waals surface area contributed by atoms with Gasteiger partial charge in [-0.2, -0.15) is 0 Å². The predicted octanol–water partition coefficient (Wildman–Crippen LogP) is 1.61. The molecule has 2 aliphatic rings. The molecular formula is C14H27ClN2O2. The van der Waals surface area contributed by atoms with Gasteiger partial charge in [0, 0.05) is 18.7 Å². The van der Waals surface area contributed by atoms with E-state index in [1.54, 1.807) is 0 Å². The summed E-state index contributed by atoms with van der Waals surface area (Å²) in [4.78, 5) is 12.1. The number of amides is 1. The lowest BCUT2D eigenvalue weighted by molar-refractivity contribution is -0.123. The van der Waals surface area contributed by atoms with Gasteiger partial charge in [0.2, 0.25) is 5.91 Å². The molecule has 19 heavy (non-hydrogen) atoms. The average Bonchev–Trinajstić information content (AvgIpc) is 2.80. The van der Waals surface area contributed by atoms with E-state index in [9.17, 15) is 4.79 Å². The van der Waals surface area contributed by atoms with E-state index in [-0.39, 0.29) is 37.0 Å². The summed E-state index contributed by atoms with van der Waals surface area (Å²) >= 11 is 0. The molecule has 0 radical (unpaired) electrons. The summed E-state index contributed by atoms with van der Waals surface area (Å²) in [5.74, 6) is 0.858. The summed E-state index contributed by atoms with van der Waals surface area (Å²) in [6, 6.07) is 0.742. The third kappa shape index (κ3) is 4.62. The summed E-state index contributed by atoms with van der Waals surface area (Å²) in [6.07, 6.45) is 7.74. The van der Waals surface area contributed by atoms with Crippen molar-refractivity contribution in [3.05, 3.63) is 0 Å². The fourth-order valence-electron chi connectivity index (χ4n) is 3.33. The third-order valence-corrected chi connectivity index (χ3v) is 4.36. The average molecular weight is 291 g/mol. The zero-order chi connectivity index (χ0) is 13.0. The Morgan fingerprint density at radius 3 is 2.84 bits per heavy atom. The first-order valence-electron chi connectivity index (χ1n) is 7.38. The van der Waals surface area contributed by atoms with Gasteiger partial charge in [-0.3, -0.25) is 4.79 Å². The molecule has 2 rings (SSSR count). The van der Waals surface area contributed by atoms with Gasteiger partial charge in [-0.25, -0.2) is 0 Å². The molecule has 1 saturated heterocycles. The summed E-state index contributed by atoms with van der Waals surface area (Å²) in [5, 5.41) is 15.3. The predicted molar refractivity (Wildman–Crippen MR) is 78.5 cm³/mol. The molecule has 1 saturated carbocycles. The number of fused-ring (bicyclic) bond motifs is 1. The standard InChI is InChI=1S/C14H26N2O2.ClH/c1-10(5-4-8-17)15-14(18)13-9-11-6-2-3-7-12(11)16-13;/h10-13,16-17H,2-9H2,1H3,(H,15,18);1H. The van der Waals surface area contributed by atoms with Crippen molar-refractivity contribution in [3.63, 3.8) is 0 Å². The monoisotopic (exact) mass is 290 g/mol. The number of hydrogen-bond acceptors (Lipinski definition) is 3. The Morgan fingerprint density at radius 2 is 2.16 bits per heavy atom. The van der Waals surface area contributed by atoms with E-state index >= 15 is 0 Å². The van der Waals surface area contributed by atoms with Crippen LogP contribution in [-0.4, -0.2) is 35.7 Å². The number of carbonyl (C=O) groups excluding carboxylic acids is 1. The maximum atomic E-state index is 12.1. The molecule has 4 atom stereocenters. The zero-order valence-corrected chi connectivity index (χ0v) is 12.5. The molecule has 4 nitrogen and oxygen atoms in total. The molecule has 0 bridgehead atoms. The molecule has 4 unspecified atom stereocenters. The number of hydrogen-bond donors (Lipinski definition) is 3. The van der Waals surface area contributed by atoms with E-state index in [0.717, 1.165) is 19.3 Å². The molecular weight excluding hydrogens is 264 g/mol. The first-order valence-corrected chi connectivity index (χ1v) is 7.38. The highest BCUT2D eigenvalue weighted by Gasteiger charge is 2.38. The number of halogens is 1. The fourth-order valence-corrected chi connectivity index (χ4v) is 3.33. The van der Waals surface area contributed by atoms with Crippen LogP contribution in [0.15, 0.2) is 0 Å². The van der Waals surface area contributed by atoms with Crippen LogP contribution in [0.4, 0.5) is 0 Å². The lowest BCUT2D eigenvalue weighted by Gasteiger charge is -2.24. The van der Waals surface area contributed by atoms with Crippen molar-refractivity contribution in [1.82, 2.24) is 10.6 Å². The van der Waals surface area contributed by atoms with Gasteiger partial charge in [0.1, 0.15) is 0 Å². The van der Waals surface area contributed by atoms with Crippen molar-refractivity contribution < 1.29 is 9.90 Å². The maximum Gasteiger partial charge on any atom is 0.237 e. The van der Waals surface area contributed by atoms with Crippen LogP contribution < -0.4 is 10.6 Å². The Hall–Kier alpha value is -0.320. The Kier molecular flexibility index (Phi) is 7.11. The Balaban J connectivity index is 0.00000180. The minimum Gasteiger partial charge on any atom is -0.396 e. The molecule has 1 aliphatic heterocycles. The van der Waals surface area contributed by atoms with E-state index in [1.165, 1.54) is 25.7 Å². The smallest absolute Gasteiger partial charge is 0.237 e. The highest BCUT2D eigenvalue weighted by atomic mass is 35.5. The minimum absolute atomic E-state index is 0. The van der Waals surface area contributed by atoms with Crippen molar-refractivity contribution in [2.45, 2.75) is 70.0 Å². The molecule has 0 aromatic rings. The van der Waals surface area contributed by atoms with Gasteiger partial charge in [-0.05, 0) is 44.9 Å². The molecule has 1 amide bonds. The van der Waals surface area contributed by atoms with Crippen molar-refractivity contribution in [3.8, 4) is 0 Å². The summed E-state index contributed by atoms with van der Waals surface area (Å²) in [7, 11) is 0. The maximum absolute atomic E-state index is 12.1. The molecule has 0 spiro atoms. The van der Waals surface area contributed by atoms with Crippen LogP contribution in [0.5, 0.6) is 0 Å².